The highest BCUT2D eigenvalue weighted by Crippen LogP contribution is 2.43. The first-order valence-electron chi connectivity index (χ1n) is 23.1. The molecule has 65 heavy (non-hydrogen) atoms. The summed E-state index contributed by atoms with van der Waals surface area (Å²) in [5.41, 5.74) is 8.01. The van der Waals surface area contributed by atoms with Crippen molar-refractivity contribution in [2.75, 3.05) is 12.5 Å². The van der Waals surface area contributed by atoms with E-state index in [1.54, 1.807) is 0 Å². The maximum atomic E-state index is 11.2. The van der Waals surface area contributed by atoms with E-state index in [1.165, 1.54) is 33.4 Å². The number of aliphatic hydroxyl groups excluding tert-OH is 1. The topological polar surface area (TPSA) is 107 Å². The van der Waals surface area contributed by atoms with Crippen molar-refractivity contribution in [3.63, 3.8) is 0 Å². The van der Waals surface area contributed by atoms with Crippen LogP contribution in [0.15, 0.2) is 182 Å². The minimum atomic E-state index is -3.34. The lowest BCUT2D eigenvalue weighted by molar-refractivity contribution is 0.0374. The standard InChI is InChI=1S/2C19H22O3S.C18H20O/c2*1-23(20,21)22-18-12-15(13-18)14-19(16-8-4-2-5-9-16)17-10-6-3-7-11-17;19-17-11-14(12-17)13-18(15-7-3-1-4-8-15)16-9-5-2-6-10-16/h2*2-11,15,18-19H,12-14H2,1H3;1-10,14,17-19H,11-13H2. The quantitative estimate of drug-likeness (QED) is 0.0964. The predicted molar refractivity (Wildman–Crippen MR) is 262 cm³/mol. The van der Waals surface area contributed by atoms with E-state index < -0.39 is 20.2 Å². The Morgan fingerprint density at radius 3 is 0.769 bits per heavy atom. The molecule has 0 bridgehead atoms. The zero-order chi connectivity index (χ0) is 45.7. The molecular weight excluding hydrogens is 849 g/mol. The van der Waals surface area contributed by atoms with Gasteiger partial charge in [-0.15, -0.1) is 0 Å². The second-order valence-electron chi connectivity index (χ2n) is 18.3. The first kappa shape index (κ1) is 48.0. The molecule has 6 aromatic carbocycles. The zero-order valence-electron chi connectivity index (χ0n) is 37.6. The van der Waals surface area contributed by atoms with Crippen LogP contribution in [0.5, 0.6) is 0 Å². The van der Waals surface area contributed by atoms with Crippen LogP contribution in [-0.4, -0.2) is 52.8 Å². The summed E-state index contributed by atoms with van der Waals surface area (Å²) in [5, 5.41) is 9.47. The summed E-state index contributed by atoms with van der Waals surface area (Å²) in [6.07, 6.45) is 10.3. The van der Waals surface area contributed by atoms with Gasteiger partial charge in [0.15, 0.2) is 0 Å². The third-order valence-corrected chi connectivity index (χ3v) is 14.4. The largest absolute Gasteiger partial charge is 0.393 e. The maximum absolute atomic E-state index is 11.2. The van der Waals surface area contributed by atoms with Gasteiger partial charge in [-0.25, -0.2) is 0 Å². The molecule has 3 aliphatic carbocycles. The Kier molecular flexibility index (Phi) is 17.0. The Balaban J connectivity index is 0.000000146. The SMILES string of the molecule is CS(=O)(=O)OC1CC(CC(c2ccccc2)c2ccccc2)C1.CS(=O)(=O)OC1CC(CC(c2ccccc2)c2ccccc2)C1.OC1CC(CC(c2ccccc2)c2ccccc2)C1. The van der Waals surface area contributed by atoms with Gasteiger partial charge in [0.05, 0.1) is 30.8 Å². The third kappa shape index (κ3) is 15.1. The molecule has 3 aliphatic rings. The van der Waals surface area contributed by atoms with E-state index in [0.29, 0.717) is 35.5 Å². The summed E-state index contributed by atoms with van der Waals surface area (Å²) < 4.78 is 54.9. The number of aliphatic hydroxyl groups is 1. The van der Waals surface area contributed by atoms with Crippen LogP contribution in [0.2, 0.25) is 0 Å². The van der Waals surface area contributed by atoms with Gasteiger partial charge in [-0.1, -0.05) is 182 Å². The Hall–Kier alpha value is -4.90. The van der Waals surface area contributed by atoms with Gasteiger partial charge in [0.2, 0.25) is 0 Å². The lowest BCUT2D eigenvalue weighted by Crippen LogP contribution is -2.34. The van der Waals surface area contributed by atoms with Crippen LogP contribution in [0.25, 0.3) is 0 Å². The van der Waals surface area contributed by atoms with E-state index in [9.17, 15) is 21.9 Å². The molecule has 1 N–H and O–H groups in total. The van der Waals surface area contributed by atoms with E-state index in [-0.39, 0.29) is 18.3 Å². The Morgan fingerprint density at radius 2 is 0.585 bits per heavy atom. The molecule has 0 saturated heterocycles. The highest BCUT2D eigenvalue weighted by atomic mass is 32.2. The monoisotopic (exact) mass is 912 g/mol. The number of rotatable bonds is 16. The molecule has 0 unspecified atom stereocenters. The molecule has 7 nitrogen and oxygen atoms in total. The van der Waals surface area contributed by atoms with Crippen LogP contribution in [0.1, 0.15) is 109 Å². The van der Waals surface area contributed by atoms with Crippen molar-refractivity contribution in [1.82, 2.24) is 0 Å². The number of hydrogen-bond acceptors (Lipinski definition) is 7. The molecule has 0 spiro atoms. The maximum Gasteiger partial charge on any atom is 0.264 e. The molecule has 9 heteroatoms. The zero-order valence-corrected chi connectivity index (χ0v) is 39.2. The summed E-state index contributed by atoms with van der Waals surface area (Å²) in [6.45, 7) is 0. The van der Waals surface area contributed by atoms with E-state index in [2.05, 4.69) is 158 Å². The second kappa shape index (κ2) is 23.0. The number of benzene rings is 6. The van der Waals surface area contributed by atoms with Crippen LogP contribution in [0, 0.1) is 17.8 Å². The van der Waals surface area contributed by atoms with Gasteiger partial charge in [-0.05, 0) is 109 Å². The molecule has 0 amide bonds. The highest BCUT2D eigenvalue weighted by molar-refractivity contribution is 7.86. The summed E-state index contributed by atoms with van der Waals surface area (Å²) in [5.74, 6) is 2.84. The number of hydrogen-bond donors (Lipinski definition) is 1. The lowest BCUT2D eigenvalue weighted by Gasteiger charge is -2.36. The van der Waals surface area contributed by atoms with Crippen molar-refractivity contribution < 1.29 is 30.3 Å². The molecular formula is C56H64O7S2. The van der Waals surface area contributed by atoms with Gasteiger partial charge >= 0.3 is 0 Å². The van der Waals surface area contributed by atoms with Gasteiger partial charge in [0.25, 0.3) is 20.2 Å². The predicted octanol–water partition coefficient (Wildman–Crippen LogP) is 11.9. The third-order valence-electron chi connectivity index (χ3n) is 13.1. The van der Waals surface area contributed by atoms with Crippen LogP contribution in [-0.2, 0) is 28.6 Å². The Labute approximate surface area is 388 Å². The van der Waals surface area contributed by atoms with Crippen LogP contribution < -0.4 is 0 Å². The average molecular weight is 913 g/mol. The Morgan fingerprint density at radius 1 is 0.385 bits per heavy atom. The molecule has 0 atom stereocenters. The smallest absolute Gasteiger partial charge is 0.264 e. The molecule has 3 saturated carbocycles. The molecule has 0 aromatic heterocycles. The minimum Gasteiger partial charge on any atom is -0.393 e. The summed E-state index contributed by atoms with van der Waals surface area (Å²) >= 11 is 0. The summed E-state index contributed by atoms with van der Waals surface area (Å²) in [6, 6.07) is 63.5. The first-order chi connectivity index (χ1) is 31.3. The first-order valence-corrected chi connectivity index (χ1v) is 26.7. The van der Waals surface area contributed by atoms with Crippen molar-refractivity contribution in [3.8, 4) is 0 Å². The van der Waals surface area contributed by atoms with Crippen LogP contribution in [0.3, 0.4) is 0 Å². The second-order valence-corrected chi connectivity index (χ2v) is 21.5. The van der Waals surface area contributed by atoms with Gasteiger partial charge in [-0.2, -0.15) is 16.8 Å². The van der Waals surface area contributed by atoms with Crippen molar-refractivity contribution in [3.05, 3.63) is 215 Å². The van der Waals surface area contributed by atoms with Crippen LogP contribution >= 0.6 is 0 Å². The van der Waals surface area contributed by atoms with Gasteiger partial charge in [0.1, 0.15) is 0 Å². The summed E-state index contributed by atoms with van der Waals surface area (Å²) in [4.78, 5) is 0. The van der Waals surface area contributed by atoms with E-state index >= 15 is 0 Å². The highest BCUT2D eigenvalue weighted by Gasteiger charge is 2.36. The van der Waals surface area contributed by atoms with Crippen molar-refractivity contribution in [2.24, 2.45) is 17.8 Å². The fourth-order valence-electron chi connectivity index (χ4n) is 9.78. The van der Waals surface area contributed by atoms with Gasteiger partial charge < -0.3 is 5.11 Å². The van der Waals surface area contributed by atoms with Gasteiger partial charge in [-0.3, -0.25) is 8.37 Å². The van der Waals surface area contributed by atoms with E-state index in [4.69, 9.17) is 8.37 Å². The molecule has 6 aromatic rings. The lowest BCUT2D eigenvalue weighted by atomic mass is 9.73. The summed E-state index contributed by atoms with van der Waals surface area (Å²) in [7, 11) is -6.68. The minimum absolute atomic E-state index is 0.0582. The molecule has 3 fully saturated rings. The molecule has 9 rings (SSSR count). The fourth-order valence-corrected chi connectivity index (χ4v) is 11.1. The molecule has 0 aliphatic heterocycles. The van der Waals surface area contributed by atoms with Crippen molar-refractivity contribution in [2.45, 2.75) is 93.9 Å². The molecule has 342 valence electrons. The van der Waals surface area contributed by atoms with E-state index in [1.807, 2.05) is 24.3 Å². The van der Waals surface area contributed by atoms with Crippen LogP contribution in [0.4, 0.5) is 0 Å². The molecule has 0 radical (unpaired) electrons. The van der Waals surface area contributed by atoms with E-state index in [0.717, 1.165) is 70.3 Å². The molecule has 0 heterocycles. The van der Waals surface area contributed by atoms with Crippen molar-refractivity contribution >= 4 is 20.2 Å². The average Bonchev–Trinajstić information content (AvgIpc) is 3.28. The van der Waals surface area contributed by atoms with Crippen molar-refractivity contribution in [1.29, 1.82) is 0 Å². The van der Waals surface area contributed by atoms with Gasteiger partial charge in [0, 0.05) is 17.8 Å². The normalized spacial score (nSPS) is 21.4. The fraction of sp³-hybridized carbons (Fsp3) is 0.357. The Bertz CT molecular complexity index is 2260.